The summed E-state index contributed by atoms with van der Waals surface area (Å²) < 4.78 is 10.8. The van der Waals surface area contributed by atoms with Gasteiger partial charge in [-0.2, -0.15) is 0 Å². The number of benzene rings is 2. The van der Waals surface area contributed by atoms with E-state index in [0.29, 0.717) is 19.0 Å². The van der Waals surface area contributed by atoms with E-state index in [1.165, 1.54) is 0 Å². The molecule has 0 radical (unpaired) electrons. The summed E-state index contributed by atoms with van der Waals surface area (Å²) >= 11 is 0. The van der Waals surface area contributed by atoms with Crippen LogP contribution in [0.15, 0.2) is 36.4 Å². The topological polar surface area (TPSA) is 50.8 Å². The van der Waals surface area contributed by atoms with E-state index >= 15 is 0 Å². The van der Waals surface area contributed by atoms with Crippen molar-refractivity contribution in [1.29, 1.82) is 0 Å². The smallest absolute Gasteiger partial charge is 0.322 e. The second-order valence-corrected chi connectivity index (χ2v) is 6.83. The number of aryl methyl sites for hydroxylation is 1. The van der Waals surface area contributed by atoms with Crippen molar-refractivity contribution in [2.75, 3.05) is 18.7 Å². The molecule has 0 aromatic heterocycles. The average molecular weight is 354 g/mol. The van der Waals surface area contributed by atoms with E-state index in [-0.39, 0.29) is 12.8 Å². The number of urea groups is 1. The Hall–Kier alpha value is -2.69. The summed E-state index contributed by atoms with van der Waals surface area (Å²) in [6.45, 7) is 9.65. The largest absolute Gasteiger partial charge is 0.454 e. The molecule has 1 aliphatic rings. The molecule has 2 amide bonds. The quantitative estimate of drug-likeness (QED) is 0.831. The second-order valence-electron chi connectivity index (χ2n) is 6.83. The average Bonchev–Trinajstić information content (AvgIpc) is 3.08. The van der Waals surface area contributed by atoms with Gasteiger partial charge in [-0.15, -0.1) is 0 Å². The van der Waals surface area contributed by atoms with Crippen molar-refractivity contribution < 1.29 is 14.3 Å². The predicted octanol–water partition coefficient (Wildman–Crippen LogP) is 4.90. The molecule has 1 N–H and O–H groups in total. The van der Waals surface area contributed by atoms with Crippen molar-refractivity contribution in [2.24, 2.45) is 0 Å². The van der Waals surface area contributed by atoms with Crippen molar-refractivity contribution in [1.82, 2.24) is 4.90 Å². The van der Waals surface area contributed by atoms with E-state index in [1.54, 1.807) is 4.90 Å². The molecule has 0 unspecified atom stereocenters. The number of ether oxygens (including phenoxy) is 2. The molecular weight excluding hydrogens is 328 g/mol. The monoisotopic (exact) mass is 354 g/mol. The van der Waals surface area contributed by atoms with Gasteiger partial charge in [-0.05, 0) is 48.6 Å². The van der Waals surface area contributed by atoms with Crippen molar-refractivity contribution in [3.63, 3.8) is 0 Å². The molecule has 0 saturated heterocycles. The van der Waals surface area contributed by atoms with Crippen LogP contribution in [0.25, 0.3) is 0 Å². The second kappa shape index (κ2) is 7.68. The van der Waals surface area contributed by atoms with Crippen LogP contribution in [0.1, 0.15) is 43.4 Å². The summed E-state index contributed by atoms with van der Waals surface area (Å²) in [5, 5.41) is 3.11. The number of hydrogen-bond donors (Lipinski definition) is 1. The van der Waals surface area contributed by atoms with Gasteiger partial charge < -0.3 is 19.7 Å². The minimum Gasteiger partial charge on any atom is -0.454 e. The van der Waals surface area contributed by atoms with E-state index in [4.69, 9.17) is 9.47 Å². The summed E-state index contributed by atoms with van der Waals surface area (Å²) in [6.07, 6.45) is 0. The first-order valence-corrected chi connectivity index (χ1v) is 9.03. The van der Waals surface area contributed by atoms with E-state index < -0.39 is 0 Å². The highest BCUT2D eigenvalue weighted by molar-refractivity contribution is 5.91. The number of carbonyl (C=O) groups is 1. The number of nitrogens with zero attached hydrogens (tertiary/aromatic N) is 1. The fourth-order valence-electron chi connectivity index (χ4n) is 3.12. The standard InChI is InChI=1S/C21H26N2O3/c1-5-23(12-16-9-10-18-19(11-16)26-13-25-18)21(24)22-20-15(4)7-6-8-17(20)14(2)3/h6-11,14H,5,12-13H2,1-4H3,(H,22,24). The number of fused-ring (bicyclic) bond motifs is 1. The van der Waals surface area contributed by atoms with Crippen LogP contribution in [-0.2, 0) is 6.54 Å². The molecule has 138 valence electrons. The number of carbonyl (C=O) groups excluding carboxylic acids is 1. The maximum absolute atomic E-state index is 12.9. The number of amides is 2. The zero-order valence-electron chi connectivity index (χ0n) is 15.8. The van der Waals surface area contributed by atoms with Crippen molar-refractivity contribution in [3.8, 4) is 11.5 Å². The van der Waals surface area contributed by atoms with Gasteiger partial charge in [-0.25, -0.2) is 4.79 Å². The lowest BCUT2D eigenvalue weighted by atomic mass is 9.98. The lowest BCUT2D eigenvalue weighted by Crippen LogP contribution is -2.34. The Bertz CT molecular complexity index is 802. The van der Waals surface area contributed by atoms with Gasteiger partial charge in [0.05, 0.1) is 0 Å². The van der Waals surface area contributed by atoms with Gasteiger partial charge in [0, 0.05) is 18.8 Å². The lowest BCUT2D eigenvalue weighted by Gasteiger charge is -2.24. The molecule has 1 heterocycles. The Morgan fingerprint density at radius 2 is 1.96 bits per heavy atom. The number of para-hydroxylation sites is 1. The van der Waals surface area contributed by atoms with Crippen LogP contribution in [0, 0.1) is 6.92 Å². The third-order valence-electron chi connectivity index (χ3n) is 4.64. The van der Waals surface area contributed by atoms with Crippen LogP contribution in [-0.4, -0.2) is 24.3 Å². The highest BCUT2D eigenvalue weighted by atomic mass is 16.7. The fraction of sp³-hybridized carbons (Fsp3) is 0.381. The third-order valence-corrected chi connectivity index (χ3v) is 4.64. The summed E-state index contributed by atoms with van der Waals surface area (Å²) in [4.78, 5) is 14.7. The van der Waals surface area contributed by atoms with E-state index in [9.17, 15) is 4.79 Å². The Kier molecular flexibility index (Phi) is 5.35. The molecule has 5 heteroatoms. The lowest BCUT2D eigenvalue weighted by molar-refractivity contribution is 0.174. The van der Waals surface area contributed by atoms with Crippen molar-refractivity contribution in [3.05, 3.63) is 53.1 Å². The molecule has 0 fully saturated rings. The zero-order chi connectivity index (χ0) is 18.7. The minimum absolute atomic E-state index is 0.0960. The molecule has 2 aromatic carbocycles. The van der Waals surface area contributed by atoms with Crippen LogP contribution >= 0.6 is 0 Å². The first-order chi connectivity index (χ1) is 12.5. The summed E-state index contributed by atoms with van der Waals surface area (Å²) in [7, 11) is 0. The van der Waals surface area contributed by atoms with Crippen LogP contribution < -0.4 is 14.8 Å². The van der Waals surface area contributed by atoms with Crippen molar-refractivity contribution >= 4 is 11.7 Å². The van der Waals surface area contributed by atoms with Gasteiger partial charge in [0.2, 0.25) is 6.79 Å². The van der Waals surface area contributed by atoms with E-state index in [1.807, 2.05) is 44.2 Å². The van der Waals surface area contributed by atoms with Gasteiger partial charge in [-0.3, -0.25) is 0 Å². The first-order valence-electron chi connectivity index (χ1n) is 9.03. The maximum Gasteiger partial charge on any atom is 0.322 e. The SMILES string of the molecule is CCN(Cc1ccc2c(c1)OCO2)C(=O)Nc1c(C)cccc1C(C)C. The van der Waals surface area contributed by atoms with Crippen molar-refractivity contribution in [2.45, 2.75) is 40.2 Å². The Morgan fingerprint density at radius 1 is 1.19 bits per heavy atom. The Morgan fingerprint density at radius 3 is 2.69 bits per heavy atom. The van der Waals surface area contributed by atoms with Crippen LogP contribution in [0.3, 0.4) is 0 Å². The van der Waals surface area contributed by atoms with Crippen LogP contribution in [0.2, 0.25) is 0 Å². The van der Waals surface area contributed by atoms with Crippen LogP contribution in [0.5, 0.6) is 11.5 Å². The summed E-state index contributed by atoms with van der Waals surface area (Å²) in [6, 6.07) is 11.8. The normalized spacial score (nSPS) is 12.3. The molecule has 0 aliphatic carbocycles. The number of nitrogens with one attached hydrogen (secondary N) is 1. The maximum atomic E-state index is 12.9. The van der Waals surface area contributed by atoms with Gasteiger partial charge in [0.25, 0.3) is 0 Å². The molecule has 3 rings (SSSR count). The molecule has 5 nitrogen and oxygen atoms in total. The number of anilines is 1. The first kappa shape index (κ1) is 18.1. The van der Waals surface area contributed by atoms with Crippen LogP contribution in [0.4, 0.5) is 10.5 Å². The summed E-state index contributed by atoms with van der Waals surface area (Å²) in [5.74, 6) is 1.83. The number of hydrogen-bond acceptors (Lipinski definition) is 3. The number of rotatable bonds is 5. The molecule has 0 atom stereocenters. The fourth-order valence-corrected chi connectivity index (χ4v) is 3.12. The summed E-state index contributed by atoms with van der Waals surface area (Å²) in [5.41, 5.74) is 4.15. The van der Waals surface area contributed by atoms with Gasteiger partial charge in [-0.1, -0.05) is 38.1 Å². The predicted molar refractivity (Wildman–Crippen MR) is 103 cm³/mol. The third kappa shape index (κ3) is 3.77. The van der Waals surface area contributed by atoms with E-state index in [2.05, 4.69) is 25.2 Å². The van der Waals surface area contributed by atoms with E-state index in [0.717, 1.165) is 33.9 Å². The Labute approximate surface area is 154 Å². The highest BCUT2D eigenvalue weighted by Crippen LogP contribution is 2.33. The Balaban J connectivity index is 1.76. The molecule has 1 aliphatic heterocycles. The molecule has 2 aromatic rings. The van der Waals surface area contributed by atoms with Gasteiger partial charge in [0.15, 0.2) is 11.5 Å². The molecule has 0 saturated carbocycles. The molecule has 26 heavy (non-hydrogen) atoms. The highest BCUT2D eigenvalue weighted by Gasteiger charge is 2.18. The molecule has 0 spiro atoms. The minimum atomic E-state index is -0.0960. The molecule has 0 bridgehead atoms. The van der Waals surface area contributed by atoms with Gasteiger partial charge >= 0.3 is 6.03 Å². The van der Waals surface area contributed by atoms with Gasteiger partial charge in [0.1, 0.15) is 0 Å². The zero-order valence-corrected chi connectivity index (χ0v) is 15.8. The molecular formula is C21H26N2O3.